The summed E-state index contributed by atoms with van der Waals surface area (Å²) in [6, 6.07) is 3.80. The molecule has 2 atom stereocenters. The van der Waals surface area contributed by atoms with Crippen molar-refractivity contribution >= 4 is 11.6 Å². The van der Waals surface area contributed by atoms with E-state index in [1.807, 2.05) is 13.8 Å². The first kappa shape index (κ1) is 13.8. The molecule has 0 saturated heterocycles. The number of halogens is 1. The molecule has 4 nitrogen and oxygen atoms in total. The fourth-order valence-corrected chi connectivity index (χ4v) is 2.49. The lowest BCUT2D eigenvalue weighted by molar-refractivity contribution is -0.0942. The van der Waals surface area contributed by atoms with Gasteiger partial charge in [-0.15, -0.1) is 0 Å². The highest BCUT2D eigenvalue weighted by molar-refractivity contribution is 5.99. The van der Waals surface area contributed by atoms with Gasteiger partial charge in [-0.2, -0.15) is 0 Å². The Bertz CT molecular complexity index is 502. The van der Waals surface area contributed by atoms with Gasteiger partial charge in [-0.1, -0.05) is 13.8 Å². The lowest BCUT2D eigenvalue weighted by Gasteiger charge is -2.51. The lowest BCUT2D eigenvalue weighted by atomic mass is 9.64. The van der Waals surface area contributed by atoms with Gasteiger partial charge < -0.3 is 15.8 Å². The molecule has 0 aromatic heterocycles. The minimum atomic E-state index is -0.470. The first-order chi connectivity index (χ1) is 8.86. The minimum absolute atomic E-state index is 0.00705. The molecule has 1 aliphatic carbocycles. The van der Waals surface area contributed by atoms with Crippen molar-refractivity contribution in [3.05, 3.63) is 29.6 Å². The number of ether oxygens (including phenoxy) is 1. The topological polar surface area (TPSA) is 64.3 Å². The number of rotatable bonds is 3. The first-order valence-electron chi connectivity index (χ1n) is 6.25. The molecule has 2 rings (SSSR count). The quantitative estimate of drug-likeness (QED) is 0.822. The van der Waals surface area contributed by atoms with Crippen LogP contribution in [0, 0.1) is 11.2 Å². The van der Waals surface area contributed by atoms with Gasteiger partial charge in [0.1, 0.15) is 5.82 Å². The van der Waals surface area contributed by atoms with Crippen molar-refractivity contribution in [1.82, 2.24) is 5.32 Å². The number of anilines is 1. The molecule has 104 valence electrons. The fraction of sp³-hybridized carbons (Fsp3) is 0.500. The van der Waals surface area contributed by atoms with Crippen molar-refractivity contribution in [2.45, 2.75) is 32.4 Å². The normalized spacial score (nSPS) is 24.6. The predicted octanol–water partition coefficient (Wildman–Crippen LogP) is 1.95. The maximum absolute atomic E-state index is 13.2. The standard InChI is InChI=1S/C14H19FN2O2/c1-14(2)11(7-12(14)19-3)17-13(18)9-6-8(15)4-5-10(9)16/h4-6,11-12H,7,16H2,1-3H3,(H,17,18). The number of carbonyl (C=O) groups is 1. The smallest absolute Gasteiger partial charge is 0.253 e. The third-order valence-corrected chi connectivity index (χ3v) is 4.03. The van der Waals surface area contributed by atoms with E-state index < -0.39 is 5.82 Å². The first-order valence-corrected chi connectivity index (χ1v) is 6.25. The third-order valence-electron chi connectivity index (χ3n) is 4.03. The SMILES string of the molecule is COC1CC(NC(=O)c2cc(F)ccc2N)C1(C)C. The van der Waals surface area contributed by atoms with Crippen LogP contribution in [0.1, 0.15) is 30.6 Å². The number of nitrogens with one attached hydrogen (secondary N) is 1. The van der Waals surface area contributed by atoms with E-state index in [1.165, 1.54) is 12.1 Å². The summed E-state index contributed by atoms with van der Waals surface area (Å²) in [5.74, 6) is -0.813. The molecule has 19 heavy (non-hydrogen) atoms. The molecule has 0 radical (unpaired) electrons. The minimum Gasteiger partial charge on any atom is -0.398 e. The Morgan fingerprint density at radius 2 is 2.21 bits per heavy atom. The summed E-state index contributed by atoms with van der Waals surface area (Å²) >= 11 is 0. The van der Waals surface area contributed by atoms with Crippen LogP contribution in [0.4, 0.5) is 10.1 Å². The second-order valence-corrected chi connectivity index (χ2v) is 5.54. The molecule has 1 aromatic rings. The van der Waals surface area contributed by atoms with Crippen LogP contribution >= 0.6 is 0 Å². The van der Waals surface area contributed by atoms with Gasteiger partial charge in [-0.25, -0.2) is 4.39 Å². The van der Waals surface area contributed by atoms with Crippen LogP contribution in [0.25, 0.3) is 0 Å². The van der Waals surface area contributed by atoms with E-state index in [4.69, 9.17) is 10.5 Å². The van der Waals surface area contributed by atoms with Crippen molar-refractivity contribution in [1.29, 1.82) is 0 Å². The van der Waals surface area contributed by atoms with Gasteiger partial charge >= 0.3 is 0 Å². The molecular formula is C14H19FN2O2. The molecule has 0 aliphatic heterocycles. The predicted molar refractivity (Wildman–Crippen MR) is 71.3 cm³/mol. The second-order valence-electron chi connectivity index (χ2n) is 5.54. The van der Waals surface area contributed by atoms with E-state index in [2.05, 4.69) is 5.32 Å². The number of nitrogens with two attached hydrogens (primary N) is 1. The monoisotopic (exact) mass is 266 g/mol. The van der Waals surface area contributed by atoms with E-state index in [1.54, 1.807) is 7.11 Å². The fourth-order valence-electron chi connectivity index (χ4n) is 2.49. The molecule has 0 spiro atoms. The highest BCUT2D eigenvalue weighted by atomic mass is 19.1. The number of amides is 1. The van der Waals surface area contributed by atoms with E-state index in [9.17, 15) is 9.18 Å². The Hall–Kier alpha value is -1.62. The van der Waals surface area contributed by atoms with Crippen molar-refractivity contribution in [2.24, 2.45) is 5.41 Å². The molecular weight excluding hydrogens is 247 g/mol. The number of nitrogen functional groups attached to an aromatic ring is 1. The van der Waals surface area contributed by atoms with Crippen molar-refractivity contribution in [3.8, 4) is 0 Å². The molecule has 0 heterocycles. The summed E-state index contributed by atoms with van der Waals surface area (Å²) in [4.78, 5) is 12.1. The lowest BCUT2D eigenvalue weighted by Crippen LogP contribution is -2.61. The van der Waals surface area contributed by atoms with E-state index in [0.29, 0.717) is 0 Å². The average molecular weight is 266 g/mol. The molecule has 2 unspecified atom stereocenters. The van der Waals surface area contributed by atoms with Crippen molar-refractivity contribution in [2.75, 3.05) is 12.8 Å². The maximum atomic E-state index is 13.2. The summed E-state index contributed by atoms with van der Waals surface area (Å²) in [6.45, 7) is 4.06. The largest absolute Gasteiger partial charge is 0.398 e. The van der Waals surface area contributed by atoms with Crippen LogP contribution in [0.3, 0.4) is 0 Å². The second kappa shape index (κ2) is 4.81. The van der Waals surface area contributed by atoms with Crippen molar-refractivity contribution in [3.63, 3.8) is 0 Å². The van der Waals surface area contributed by atoms with Crippen LogP contribution in [-0.4, -0.2) is 25.2 Å². The van der Waals surface area contributed by atoms with E-state index >= 15 is 0 Å². The maximum Gasteiger partial charge on any atom is 0.253 e. The van der Waals surface area contributed by atoms with Gasteiger partial charge in [0.05, 0.1) is 11.7 Å². The average Bonchev–Trinajstić information content (AvgIpc) is 2.36. The summed E-state index contributed by atoms with van der Waals surface area (Å²) in [5, 5.41) is 2.89. The van der Waals surface area contributed by atoms with Crippen molar-refractivity contribution < 1.29 is 13.9 Å². The van der Waals surface area contributed by atoms with Gasteiger partial charge in [0.15, 0.2) is 0 Å². The Morgan fingerprint density at radius 3 is 2.79 bits per heavy atom. The summed E-state index contributed by atoms with van der Waals surface area (Å²) in [5.41, 5.74) is 6.02. The summed E-state index contributed by atoms with van der Waals surface area (Å²) < 4.78 is 18.5. The highest BCUT2D eigenvalue weighted by Crippen LogP contribution is 2.42. The Kier molecular flexibility index (Phi) is 3.49. The number of carbonyl (C=O) groups excluding carboxylic acids is 1. The number of hydrogen-bond donors (Lipinski definition) is 2. The van der Waals surface area contributed by atoms with Gasteiger partial charge in [0.2, 0.25) is 0 Å². The highest BCUT2D eigenvalue weighted by Gasteiger charge is 2.49. The Labute approximate surface area is 112 Å². The van der Waals surface area contributed by atoms with Crippen LogP contribution in [0.2, 0.25) is 0 Å². The zero-order valence-corrected chi connectivity index (χ0v) is 11.4. The van der Waals surface area contributed by atoms with Crippen LogP contribution in [-0.2, 0) is 4.74 Å². The Morgan fingerprint density at radius 1 is 1.53 bits per heavy atom. The van der Waals surface area contributed by atoms with Gasteiger partial charge in [-0.3, -0.25) is 4.79 Å². The van der Waals surface area contributed by atoms with Gasteiger partial charge in [0.25, 0.3) is 5.91 Å². The molecule has 1 aliphatic rings. The van der Waals surface area contributed by atoms with Gasteiger partial charge in [0, 0.05) is 24.3 Å². The van der Waals surface area contributed by atoms with E-state index in [-0.39, 0.29) is 34.7 Å². The zero-order valence-electron chi connectivity index (χ0n) is 11.4. The van der Waals surface area contributed by atoms with Gasteiger partial charge in [-0.05, 0) is 24.6 Å². The van der Waals surface area contributed by atoms with Crippen LogP contribution in [0.5, 0.6) is 0 Å². The number of hydrogen-bond acceptors (Lipinski definition) is 3. The van der Waals surface area contributed by atoms with Crippen LogP contribution < -0.4 is 11.1 Å². The molecule has 1 fully saturated rings. The third kappa shape index (κ3) is 2.42. The van der Waals surface area contributed by atoms with Crippen LogP contribution in [0.15, 0.2) is 18.2 Å². The molecule has 1 aromatic carbocycles. The summed E-state index contributed by atoms with van der Waals surface area (Å²) in [7, 11) is 1.66. The molecule has 1 amide bonds. The number of methoxy groups -OCH3 is 1. The zero-order chi connectivity index (χ0) is 14.2. The molecule has 5 heteroatoms. The molecule has 1 saturated carbocycles. The molecule has 3 N–H and O–H groups in total. The number of benzene rings is 1. The summed E-state index contributed by atoms with van der Waals surface area (Å²) in [6.07, 6.45) is 0.882. The molecule has 0 bridgehead atoms. The Balaban J connectivity index is 2.09. The van der Waals surface area contributed by atoms with E-state index in [0.717, 1.165) is 12.5 Å².